The lowest BCUT2D eigenvalue weighted by molar-refractivity contribution is -0.164. The molecule has 2 N–H and O–H groups in total. The van der Waals surface area contributed by atoms with Crippen molar-refractivity contribution in [1.82, 2.24) is 5.32 Å². The topological polar surface area (TPSA) is 91.1 Å². The van der Waals surface area contributed by atoms with Crippen LogP contribution in [0.1, 0.15) is 17.5 Å². The summed E-state index contributed by atoms with van der Waals surface area (Å²) in [6.45, 7) is -0.194. The minimum atomic E-state index is -4.54. The van der Waals surface area contributed by atoms with Gasteiger partial charge in [-0.25, -0.2) is 0 Å². The third kappa shape index (κ3) is 4.51. The van der Waals surface area contributed by atoms with E-state index >= 15 is 0 Å². The molecule has 0 bridgehead atoms. The van der Waals surface area contributed by atoms with E-state index in [1.165, 1.54) is 0 Å². The predicted molar refractivity (Wildman–Crippen MR) is 72.8 cm³/mol. The van der Waals surface area contributed by atoms with E-state index in [2.05, 4.69) is 15.5 Å². The van der Waals surface area contributed by atoms with Gasteiger partial charge in [0.15, 0.2) is 0 Å². The number of benzene rings is 1. The summed E-state index contributed by atoms with van der Waals surface area (Å²) < 4.78 is 37.7. The quantitative estimate of drug-likeness (QED) is 0.802. The van der Waals surface area contributed by atoms with Gasteiger partial charge in [-0.05, 0) is 11.1 Å². The minimum Gasteiger partial charge on any atom is -0.481 e. The first-order chi connectivity index (χ1) is 10.7. The number of halogens is 3. The molecule has 1 aliphatic rings. The van der Waals surface area contributed by atoms with E-state index in [0.717, 1.165) is 0 Å². The lowest BCUT2D eigenvalue weighted by Crippen LogP contribution is -2.37. The Morgan fingerprint density at radius 2 is 1.78 bits per heavy atom. The molecule has 0 unspecified atom stereocenters. The Labute approximate surface area is 129 Å². The molecule has 2 rings (SSSR count). The van der Waals surface area contributed by atoms with Crippen molar-refractivity contribution in [2.45, 2.75) is 31.1 Å². The zero-order chi connectivity index (χ0) is 17.1. The van der Waals surface area contributed by atoms with Crippen LogP contribution in [0.2, 0.25) is 0 Å². The molecule has 0 saturated carbocycles. The molecule has 6 nitrogen and oxygen atoms in total. The van der Waals surface area contributed by atoms with Crippen LogP contribution in [0.25, 0.3) is 0 Å². The monoisotopic (exact) mass is 329 g/mol. The highest BCUT2D eigenvalue weighted by Crippen LogP contribution is 2.46. The fourth-order valence-corrected chi connectivity index (χ4v) is 2.06. The molecule has 23 heavy (non-hydrogen) atoms. The summed E-state index contributed by atoms with van der Waals surface area (Å²) in [6.07, 6.45) is -5.17. The maximum absolute atomic E-state index is 12.6. The molecule has 1 aliphatic heterocycles. The number of carbonyl (C=O) groups excluding carboxylic acids is 1. The van der Waals surface area contributed by atoms with E-state index in [-0.39, 0.29) is 19.4 Å². The second-order valence-electron chi connectivity index (χ2n) is 5.18. The number of hydrogen-bond donors (Lipinski definition) is 2. The average Bonchev–Trinajstić information content (AvgIpc) is 3.19. The van der Waals surface area contributed by atoms with Crippen LogP contribution in [-0.4, -0.2) is 35.4 Å². The number of nitrogens with zero attached hydrogens (tertiary/aromatic N) is 2. The van der Waals surface area contributed by atoms with Crippen molar-refractivity contribution in [2.24, 2.45) is 10.2 Å². The molecule has 9 heteroatoms. The number of hydrogen-bond acceptors (Lipinski definition) is 4. The summed E-state index contributed by atoms with van der Waals surface area (Å²) in [5.74, 6) is -1.43. The number of carboxylic acids is 1. The van der Waals surface area contributed by atoms with Gasteiger partial charge in [0.1, 0.15) is 0 Å². The maximum atomic E-state index is 12.6. The summed E-state index contributed by atoms with van der Waals surface area (Å²) in [5.41, 5.74) is -1.22. The van der Waals surface area contributed by atoms with E-state index in [9.17, 15) is 22.8 Å². The van der Waals surface area contributed by atoms with Crippen molar-refractivity contribution in [2.75, 3.05) is 6.54 Å². The highest BCUT2D eigenvalue weighted by atomic mass is 19.4. The molecule has 0 atom stereocenters. The molecule has 0 aliphatic carbocycles. The first-order valence-corrected chi connectivity index (χ1v) is 6.79. The smallest absolute Gasteiger partial charge is 0.437 e. The highest BCUT2D eigenvalue weighted by molar-refractivity contribution is 5.78. The largest absolute Gasteiger partial charge is 0.481 e. The van der Waals surface area contributed by atoms with Gasteiger partial charge >= 0.3 is 12.1 Å². The number of carbonyl (C=O) groups is 2. The van der Waals surface area contributed by atoms with Crippen molar-refractivity contribution in [3.05, 3.63) is 35.4 Å². The van der Waals surface area contributed by atoms with Gasteiger partial charge in [-0.2, -0.15) is 13.2 Å². The fourth-order valence-electron chi connectivity index (χ4n) is 2.06. The van der Waals surface area contributed by atoms with Crippen molar-refractivity contribution in [1.29, 1.82) is 0 Å². The second kappa shape index (κ2) is 6.35. The highest BCUT2D eigenvalue weighted by Gasteiger charge is 2.63. The van der Waals surface area contributed by atoms with Crippen molar-refractivity contribution in [3.63, 3.8) is 0 Å². The first kappa shape index (κ1) is 16.9. The van der Waals surface area contributed by atoms with Crippen LogP contribution in [0.4, 0.5) is 13.2 Å². The third-order valence-corrected chi connectivity index (χ3v) is 3.30. The van der Waals surface area contributed by atoms with Crippen molar-refractivity contribution in [3.8, 4) is 0 Å². The van der Waals surface area contributed by atoms with Gasteiger partial charge < -0.3 is 10.4 Å². The SMILES string of the molecule is O=C(O)Cc1cccc(CC(=O)NCCC2(C(F)(F)F)N=N2)c1. The van der Waals surface area contributed by atoms with Gasteiger partial charge in [0.2, 0.25) is 5.91 Å². The molecule has 1 aromatic carbocycles. The summed E-state index contributed by atoms with van der Waals surface area (Å²) >= 11 is 0. The van der Waals surface area contributed by atoms with Gasteiger partial charge in [-0.15, -0.1) is 10.2 Å². The van der Waals surface area contributed by atoms with E-state index < -0.39 is 30.1 Å². The van der Waals surface area contributed by atoms with Crippen LogP contribution in [-0.2, 0) is 22.4 Å². The Morgan fingerprint density at radius 3 is 2.30 bits per heavy atom. The van der Waals surface area contributed by atoms with Crippen molar-refractivity contribution >= 4 is 11.9 Å². The molecule has 0 spiro atoms. The number of alkyl halides is 3. The maximum Gasteiger partial charge on any atom is 0.437 e. The minimum absolute atomic E-state index is 0.0409. The summed E-state index contributed by atoms with van der Waals surface area (Å²) in [5, 5.41) is 17.1. The normalized spacial score (nSPS) is 15.3. The molecule has 0 aromatic heterocycles. The van der Waals surface area contributed by atoms with Crippen molar-refractivity contribution < 1.29 is 27.9 Å². The van der Waals surface area contributed by atoms with Gasteiger partial charge in [-0.3, -0.25) is 9.59 Å². The molecule has 1 aromatic rings. The zero-order valence-electron chi connectivity index (χ0n) is 11.9. The lowest BCUT2D eigenvalue weighted by atomic mass is 10.1. The summed E-state index contributed by atoms with van der Waals surface area (Å²) in [4.78, 5) is 22.4. The molecule has 1 heterocycles. The number of aliphatic carboxylic acids is 1. The number of carboxylic acid groups (broad SMARTS) is 1. The average molecular weight is 329 g/mol. The van der Waals surface area contributed by atoms with Gasteiger partial charge in [0.25, 0.3) is 5.66 Å². The van der Waals surface area contributed by atoms with Crippen LogP contribution in [0.5, 0.6) is 0 Å². The van der Waals surface area contributed by atoms with Gasteiger partial charge in [0, 0.05) is 13.0 Å². The van der Waals surface area contributed by atoms with Crippen LogP contribution < -0.4 is 5.32 Å². The molecule has 0 fully saturated rings. The number of nitrogens with one attached hydrogen (secondary N) is 1. The van der Waals surface area contributed by atoms with Crippen LogP contribution in [0.3, 0.4) is 0 Å². The molecule has 124 valence electrons. The van der Waals surface area contributed by atoms with Crippen LogP contribution in [0.15, 0.2) is 34.5 Å². The van der Waals surface area contributed by atoms with E-state index in [4.69, 9.17) is 5.11 Å². The van der Waals surface area contributed by atoms with E-state index in [1.807, 2.05) is 0 Å². The molecular formula is C14H14F3N3O3. The molecule has 1 amide bonds. The Bertz CT molecular complexity index is 638. The van der Waals surface area contributed by atoms with Gasteiger partial charge in [-0.1, -0.05) is 24.3 Å². The molecule has 0 radical (unpaired) electrons. The molecular weight excluding hydrogens is 315 g/mol. The molecule has 0 saturated heterocycles. The zero-order valence-corrected chi connectivity index (χ0v) is 11.9. The number of amides is 1. The summed E-state index contributed by atoms with van der Waals surface area (Å²) in [7, 11) is 0. The Morgan fingerprint density at radius 1 is 1.17 bits per heavy atom. The van der Waals surface area contributed by atoms with E-state index in [0.29, 0.717) is 11.1 Å². The summed E-state index contributed by atoms with van der Waals surface area (Å²) in [6, 6.07) is 6.48. The van der Waals surface area contributed by atoms with E-state index in [1.54, 1.807) is 24.3 Å². The van der Waals surface area contributed by atoms with Crippen LogP contribution in [0, 0.1) is 0 Å². The predicted octanol–water partition coefficient (Wildman–Crippen LogP) is 2.09. The number of rotatable bonds is 7. The third-order valence-electron chi connectivity index (χ3n) is 3.30. The Kier molecular flexibility index (Phi) is 4.67. The first-order valence-electron chi connectivity index (χ1n) is 6.79. The lowest BCUT2D eigenvalue weighted by Gasteiger charge is -2.14. The van der Waals surface area contributed by atoms with Gasteiger partial charge in [0.05, 0.1) is 12.8 Å². The Balaban J connectivity index is 1.80. The van der Waals surface area contributed by atoms with Crippen LogP contribution >= 0.6 is 0 Å². The second-order valence-corrected chi connectivity index (χ2v) is 5.18. The fraction of sp³-hybridized carbons (Fsp3) is 0.429. The standard InChI is InChI=1S/C14H14F3N3O3/c15-14(16,17)13(19-20-13)4-5-18-11(21)7-9-2-1-3-10(6-9)8-12(22)23/h1-3,6H,4-5,7-8H2,(H,18,21)(H,22,23). The Hall–Kier alpha value is -2.45.